The second kappa shape index (κ2) is 6.68. The maximum atomic E-state index is 5.04. The van der Waals surface area contributed by atoms with E-state index in [9.17, 15) is 0 Å². The van der Waals surface area contributed by atoms with E-state index in [-0.39, 0.29) is 0 Å². The van der Waals surface area contributed by atoms with Crippen molar-refractivity contribution in [2.45, 2.75) is 19.5 Å². The summed E-state index contributed by atoms with van der Waals surface area (Å²) in [6, 6.07) is 12.6. The average molecular weight is 321 g/mol. The summed E-state index contributed by atoms with van der Waals surface area (Å²) in [7, 11) is 1.62. The van der Waals surface area contributed by atoms with Gasteiger partial charge in [-0.05, 0) is 30.2 Å². The third kappa shape index (κ3) is 4.04. The lowest BCUT2D eigenvalue weighted by Gasteiger charge is -2.14. The van der Waals surface area contributed by atoms with E-state index in [2.05, 4.69) is 57.4 Å². The SMILES string of the molecule is COc1ccc(CN[C@H](C)c2ccc(Br)cc2)cn1. The number of halogens is 1. The van der Waals surface area contributed by atoms with Gasteiger partial charge in [-0.2, -0.15) is 0 Å². The van der Waals surface area contributed by atoms with Gasteiger partial charge in [-0.1, -0.05) is 34.1 Å². The first-order chi connectivity index (χ1) is 9.19. The Kier molecular flexibility index (Phi) is 4.93. The molecule has 0 bridgehead atoms. The van der Waals surface area contributed by atoms with Crippen molar-refractivity contribution in [3.63, 3.8) is 0 Å². The Balaban J connectivity index is 1.92. The van der Waals surface area contributed by atoms with Crippen LogP contribution in [0.3, 0.4) is 0 Å². The van der Waals surface area contributed by atoms with Crippen molar-refractivity contribution in [3.05, 3.63) is 58.2 Å². The van der Waals surface area contributed by atoms with Gasteiger partial charge < -0.3 is 10.1 Å². The molecule has 100 valence electrons. The maximum Gasteiger partial charge on any atom is 0.212 e. The summed E-state index contributed by atoms with van der Waals surface area (Å²) < 4.78 is 6.14. The zero-order valence-corrected chi connectivity index (χ0v) is 12.6. The molecule has 19 heavy (non-hydrogen) atoms. The molecule has 0 saturated carbocycles. The summed E-state index contributed by atoms with van der Waals surface area (Å²) in [6.07, 6.45) is 1.83. The standard InChI is InChI=1S/C15H17BrN2O/c1-11(13-4-6-14(16)7-5-13)17-9-12-3-8-15(19-2)18-10-12/h3-8,10-11,17H,9H2,1-2H3/t11-/m1/s1. The lowest BCUT2D eigenvalue weighted by atomic mass is 10.1. The fraction of sp³-hybridized carbons (Fsp3) is 0.267. The molecular formula is C15H17BrN2O. The van der Waals surface area contributed by atoms with Gasteiger partial charge in [-0.3, -0.25) is 0 Å². The zero-order valence-electron chi connectivity index (χ0n) is 11.1. The third-order valence-electron chi connectivity index (χ3n) is 2.99. The maximum absolute atomic E-state index is 5.04. The number of nitrogens with one attached hydrogen (secondary N) is 1. The van der Waals surface area contributed by atoms with Crippen LogP contribution in [0.25, 0.3) is 0 Å². The number of aromatic nitrogens is 1. The summed E-state index contributed by atoms with van der Waals surface area (Å²) in [5.41, 5.74) is 2.41. The third-order valence-corrected chi connectivity index (χ3v) is 3.52. The predicted octanol–water partition coefficient (Wildman–Crippen LogP) is 3.70. The highest BCUT2D eigenvalue weighted by atomic mass is 79.9. The molecule has 4 heteroatoms. The van der Waals surface area contributed by atoms with E-state index in [4.69, 9.17) is 4.74 Å². The molecule has 0 radical (unpaired) electrons. The van der Waals surface area contributed by atoms with Crippen molar-refractivity contribution in [2.24, 2.45) is 0 Å². The van der Waals surface area contributed by atoms with E-state index in [0.717, 1.165) is 16.6 Å². The number of nitrogens with zero attached hydrogens (tertiary/aromatic N) is 1. The van der Waals surface area contributed by atoms with Crippen LogP contribution in [-0.2, 0) is 6.54 Å². The highest BCUT2D eigenvalue weighted by molar-refractivity contribution is 9.10. The first-order valence-corrected chi connectivity index (χ1v) is 6.96. The van der Waals surface area contributed by atoms with Crippen molar-refractivity contribution in [1.29, 1.82) is 0 Å². The first kappa shape index (κ1) is 14.0. The van der Waals surface area contributed by atoms with Crippen LogP contribution >= 0.6 is 15.9 Å². The minimum Gasteiger partial charge on any atom is -0.481 e. The van der Waals surface area contributed by atoms with Gasteiger partial charge >= 0.3 is 0 Å². The van der Waals surface area contributed by atoms with E-state index in [1.54, 1.807) is 7.11 Å². The second-order valence-corrected chi connectivity index (χ2v) is 5.28. The number of hydrogen-bond acceptors (Lipinski definition) is 3. The Morgan fingerprint density at radius 1 is 1.21 bits per heavy atom. The number of methoxy groups -OCH3 is 1. The van der Waals surface area contributed by atoms with E-state index in [1.807, 2.05) is 18.3 Å². The minimum absolute atomic E-state index is 0.301. The van der Waals surface area contributed by atoms with Crippen LogP contribution in [0.1, 0.15) is 24.1 Å². The quantitative estimate of drug-likeness (QED) is 0.912. The van der Waals surface area contributed by atoms with Gasteiger partial charge in [0.2, 0.25) is 5.88 Å². The molecule has 0 aliphatic carbocycles. The summed E-state index contributed by atoms with van der Waals surface area (Å²) in [4.78, 5) is 4.19. The fourth-order valence-corrected chi connectivity index (χ4v) is 2.04. The number of rotatable bonds is 5. The first-order valence-electron chi connectivity index (χ1n) is 6.17. The molecule has 0 unspecified atom stereocenters. The largest absolute Gasteiger partial charge is 0.481 e. The lowest BCUT2D eigenvalue weighted by molar-refractivity contribution is 0.397. The molecule has 2 rings (SSSR count). The van der Waals surface area contributed by atoms with Crippen LogP contribution in [0.4, 0.5) is 0 Å². The minimum atomic E-state index is 0.301. The molecular weight excluding hydrogens is 304 g/mol. The van der Waals surface area contributed by atoms with Gasteiger partial charge in [0.05, 0.1) is 7.11 Å². The lowest BCUT2D eigenvalue weighted by Crippen LogP contribution is -2.18. The number of hydrogen-bond donors (Lipinski definition) is 1. The van der Waals surface area contributed by atoms with E-state index < -0.39 is 0 Å². The molecule has 1 heterocycles. The molecule has 0 amide bonds. The molecule has 0 saturated heterocycles. The van der Waals surface area contributed by atoms with Gasteiger partial charge in [-0.25, -0.2) is 4.98 Å². The highest BCUT2D eigenvalue weighted by Gasteiger charge is 2.04. The van der Waals surface area contributed by atoms with Crippen LogP contribution in [-0.4, -0.2) is 12.1 Å². The Bertz CT molecular complexity index is 511. The Morgan fingerprint density at radius 3 is 2.53 bits per heavy atom. The van der Waals surface area contributed by atoms with Crippen molar-refractivity contribution in [3.8, 4) is 5.88 Å². The Morgan fingerprint density at radius 2 is 1.95 bits per heavy atom. The van der Waals surface area contributed by atoms with Crippen molar-refractivity contribution >= 4 is 15.9 Å². The molecule has 2 aromatic rings. The van der Waals surface area contributed by atoms with Crippen LogP contribution in [0.5, 0.6) is 5.88 Å². The van der Waals surface area contributed by atoms with E-state index in [0.29, 0.717) is 11.9 Å². The van der Waals surface area contributed by atoms with E-state index in [1.165, 1.54) is 5.56 Å². The molecule has 1 aromatic heterocycles. The average Bonchev–Trinajstić information content (AvgIpc) is 2.46. The summed E-state index contributed by atoms with van der Waals surface area (Å²) in [5, 5.41) is 3.48. The monoisotopic (exact) mass is 320 g/mol. The van der Waals surface area contributed by atoms with Gasteiger partial charge in [0.1, 0.15) is 0 Å². The summed E-state index contributed by atoms with van der Waals surface area (Å²) in [6.45, 7) is 2.94. The molecule has 1 atom stereocenters. The van der Waals surface area contributed by atoms with Crippen LogP contribution in [0.15, 0.2) is 47.1 Å². The fourth-order valence-electron chi connectivity index (χ4n) is 1.78. The number of benzene rings is 1. The molecule has 1 N–H and O–H groups in total. The van der Waals surface area contributed by atoms with Crippen molar-refractivity contribution < 1.29 is 4.74 Å². The summed E-state index contributed by atoms with van der Waals surface area (Å²) in [5.74, 6) is 0.643. The summed E-state index contributed by atoms with van der Waals surface area (Å²) >= 11 is 3.44. The highest BCUT2D eigenvalue weighted by Crippen LogP contribution is 2.17. The Labute approximate surface area is 122 Å². The van der Waals surface area contributed by atoms with Crippen LogP contribution in [0, 0.1) is 0 Å². The van der Waals surface area contributed by atoms with Gasteiger partial charge in [-0.15, -0.1) is 0 Å². The molecule has 0 fully saturated rings. The molecule has 0 aliphatic rings. The molecule has 3 nitrogen and oxygen atoms in total. The topological polar surface area (TPSA) is 34.1 Å². The van der Waals surface area contributed by atoms with Crippen LogP contribution in [0.2, 0.25) is 0 Å². The number of pyridine rings is 1. The smallest absolute Gasteiger partial charge is 0.212 e. The molecule has 1 aromatic carbocycles. The second-order valence-electron chi connectivity index (χ2n) is 4.36. The predicted molar refractivity (Wildman–Crippen MR) is 80.2 cm³/mol. The number of ether oxygens (including phenoxy) is 1. The van der Waals surface area contributed by atoms with Gasteiger partial charge in [0, 0.05) is 29.3 Å². The molecule has 0 spiro atoms. The van der Waals surface area contributed by atoms with Gasteiger partial charge in [0.25, 0.3) is 0 Å². The van der Waals surface area contributed by atoms with E-state index >= 15 is 0 Å². The van der Waals surface area contributed by atoms with Crippen molar-refractivity contribution in [2.75, 3.05) is 7.11 Å². The molecule has 0 aliphatic heterocycles. The zero-order chi connectivity index (χ0) is 13.7. The Hall–Kier alpha value is -1.39. The van der Waals surface area contributed by atoms with Crippen molar-refractivity contribution in [1.82, 2.24) is 10.3 Å². The van der Waals surface area contributed by atoms with Crippen LogP contribution < -0.4 is 10.1 Å². The van der Waals surface area contributed by atoms with Gasteiger partial charge in [0.15, 0.2) is 0 Å². The normalized spacial score (nSPS) is 12.2.